The molecule has 0 radical (unpaired) electrons. The molecule has 5 rings (SSSR count). The van der Waals surface area contributed by atoms with E-state index in [9.17, 15) is 9.59 Å². The first-order chi connectivity index (χ1) is 17.7. The molecule has 2 N–H and O–H groups in total. The van der Waals surface area contributed by atoms with Crippen LogP contribution >= 0.6 is 11.3 Å². The van der Waals surface area contributed by atoms with Crippen molar-refractivity contribution in [2.45, 2.75) is 45.3 Å². The van der Waals surface area contributed by atoms with Crippen LogP contribution in [0, 0.1) is 0 Å². The zero-order valence-corrected chi connectivity index (χ0v) is 22.3. The van der Waals surface area contributed by atoms with Crippen molar-refractivity contribution in [3.63, 3.8) is 0 Å². The summed E-state index contributed by atoms with van der Waals surface area (Å²) in [6, 6.07) is 16.5. The summed E-state index contributed by atoms with van der Waals surface area (Å²) in [6.07, 6.45) is 1.64. The number of carbonyl (C=O) groups excluding carboxylic acids is 2. The summed E-state index contributed by atoms with van der Waals surface area (Å²) >= 11 is 1.45. The lowest BCUT2D eigenvalue weighted by molar-refractivity contribution is 0.0240. The maximum absolute atomic E-state index is 13.1. The number of rotatable bonds is 5. The Labute approximate surface area is 221 Å². The summed E-state index contributed by atoms with van der Waals surface area (Å²) in [4.78, 5) is 34.0. The number of nitrogens with zero attached hydrogens (tertiary/aromatic N) is 3. The van der Waals surface area contributed by atoms with E-state index in [0.717, 1.165) is 29.3 Å². The molecule has 0 saturated carbocycles. The quantitative estimate of drug-likeness (QED) is 0.492. The van der Waals surface area contributed by atoms with E-state index in [2.05, 4.69) is 44.8 Å². The van der Waals surface area contributed by atoms with Crippen molar-refractivity contribution in [1.82, 2.24) is 9.88 Å². The molecule has 1 aliphatic heterocycles. The number of carbonyl (C=O) groups is 2. The van der Waals surface area contributed by atoms with Gasteiger partial charge in [0.2, 0.25) is 0 Å². The number of piperazine rings is 1. The second-order valence-electron chi connectivity index (χ2n) is 10.5. The zero-order valence-electron chi connectivity index (χ0n) is 21.5. The van der Waals surface area contributed by atoms with Gasteiger partial charge in [0.05, 0.1) is 11.4 Å². The van der Waals surface area contributed by atoms with Crippen LogP contribution in [0.1, 0.15) is 42.4 Å². The predicted octanol–water partition coefficient (Wildman–Crippen LogP) is 5.03. The number of ether oxygens (including phenoxy) is 1. The molecule has 1 aliphatic carbocycles. The van der Waals surface area contributed by atoms with Crippen LogP contribution in [0.2, 0.25) is 0 Å². The van der Waals surface area contributed by atoms with Crippen LogP contribution in [0.4, 0.5) is 21.3 Å². The Morgan fingerprint density at radius 3 is 2.30 bits per heavy atom. The molecule has 8 nitrogen and oxygen atoms in total. The van der Waals surface area contributed by atoms with E-state index < -0.39 is 5.60 Å². The zero-order chi connectivity index (χ0) is 26.0. The molecule has 0 spiro atoms. The second kappa shape index (κ2) is 10.4. The van der Waals surface area contributed by atoms with Gasteiger partial charge in [0.25, 0.3) is 5.91 Å². The second-order valence-corrected chi connectivity index (χ2v) is 11.3. The molecular formula is C28H33N5O3S. The van der Waals surface area contributed by atoms with E-state index in [1.54, 1.807) is 10.3 Å². The first-order valence-electron chi connectivity index (χ1n) is 12.7. The first-order valence-corrected chi connectivity index (χ1v) is 13.6. The molecule has 1 saturated heterocycles. The summed E-state index contributed by atoms with van der Waals surface area (Å²) in [7, 11) is 0. The SMILES string of the molecule is CC(C)(C)OC(=O)N1CCN(c2ccccc2NC(=O)c2csc(NC3Cc4ccccc4C3)n2)CC1. The van der Waals surface area contributed by atoms with E-state index in [4.69, 9.17) is 4.74 Å². The monoisotopic (exact) mass is 519 g/mol. The average Bonchev–Trinajstić information content (AvgIpc) is 3.50. The molecule has 2 aliphatic rings. The van der Waals surface area contributed by atoms with Gasteiger partial charge in [-0.1, -0.05) is 36.4 Å². The molecule has 9 heteroatoms. The number of hydrogen-bond acceptors (Lipinski definition) is 7. The third-order valence-electron chi connectivity index (χ3n) is 6.54. The Hall–Kier alpha value is -3.59. The van der Waals surface area contributed by atoms with Gasteiger partial charge in [-0.25, -0.2) is 9.78 Å². The number of aromatic nitrogens is 1. The van der Waals surface area contributed by atoms with Gasteiger partial charge in [0.1, 0.15) is 11.3 Å². The Morgan fingerprint density at radius 2 is 1.62 bits per heavy atom. The van der Waals surface area contributed by atoms with Crippen molar-refractivity contribution in [2.24, 2.45) is 0 Å². The molecule has 0 atom stereocenters. The van der Waals surface area contributed by atoms with Crippen molar-refractivity contribution in [1.29, 1.82) is 0 Å². The molecule has 37 heavy (non-hydrogen) atoms. The summed E-state index contributed by atoms with van der Waals surface area (Å²) in [5.41, 5.74) is 4.28. The Bertz CT molecular complexity index is 1250. The van der Waals surface area contributed by atoms with Gasteiger partial charge in [-0.2, -0.15) is 0 Å². The van der Waals surface area contributed by atoms with Crippen LogP contribution in [0.25, 0.3) is 0 Å². The molecule has 2 heterocycles. The molecule has 3 aromatic rings. The van der Waals surface area contributed by atoms with Crippen LogP contribution in [0.15, 0.2) is 53.9 Å². The maximum atomic E-state index is 13.1. The largest absolute Gasteiger partial charge is 0.444 e. The van der Waals surface area contributed by atoms with Crippen LogP contribution in [0.3, 0.4) is 0 Å². The minimum Gasteiger partial charge on any atom is -0.444 e. The van der Waals surface area contributed by atoms with E-state index in [0.29, 0.717) is 37.9 Å². The molecule has 2 amide bonds. The summed E-state index contributed by atoms with van der Waals surface area (Å²) in [6.45, 7) is 8.04. The van der Waals surface area contributed by atoms with Gasteiger partial charge >= 0.3 is 6.09 Å². The fourth-order valence-electron chi connectivity index (χ4n) is 4.78. The van der Waals surface area contributed by atoms with Crippen LogP contribution < -0.4 is 15.5 Å². The van der Waals surface area contributed by atoms with Crippen LogP contribution in [-0.2, 0) is 17.6 Å². The number of fused-ring (bicyclic) bond motifs is 1. The number of anilines is 3. The summed E-state index contributed by atoms with van der Waals surface area (Å²) in [5, 5.41) is 9.09. The molecule has 194 valence electrons. The lowest BCUT2D eigenvalue weighted by Crippen LogP contribution is -2.50. The highest BCUT2D eigenvalue weighted by Crippen LogP contribution is 2.29. The number of hydrogen-bond donors (Lipinski definition) is 2. The highest BCUT2D eigenvalue weighted by atomic mass is 32.1. The van der Waals surface area contributed by atoms with Gasteiger partial charge in [-0.15, -0.1) is 11.3 Å². The topological polar surface area (TPSA) is 86.8 Å². The Morgan fingerprint density at radius 1 is 0.973 bits per heavy atom. The molecular weight excluding hydrogens is 486 g/mol. The fraction of sp³-hybridized carbons (Fsp3) is 0.393. The van der Waals surface area contributed by atoms with Crippen molar-refractivity contribution in [3.8, 4) is 0 Å². The lowest BCUT2D eigenvalue weighted by atomic mass is 10.1. The van der Waals surface area contributed by atoms with E-state index in [1.807, 2.05) is 45.0 Å². The normalized spacial score (nSPS) is 15.9. The Kier molecular flexibility index (Phi) is 7.06. The summed E-state index contributed by atoms with van der Waals surface area (Å²) < 4.78 is 5.50. The van der Waals surface area contributed by atoms with E-state index >= 15 is 0 Å². The number of thiazole rings is 1. The molecule has 0 bridgehead atoms. The standard InChI is InChI=1S/C28H33N5O3S/c1-28(2,3)36-27(35)33-14-12-32(13-15-33)24-11-7-6-10-22(24)30-25(34)23-18-37-26(31-23)29-21-16-19-8-4-5-9-20(19)17-21/h4-11,18,21H,12-17H2,1-3H3,(H,29,31)(H,30,34). The highest BCUT2D eigenvalue weighted by molar-refractivity contribution is 7.13. The van der Waals surface area contributed by atoms with Gasteiger partial charge in [0.15, 0.2) is 5.13 Å². The molecule has 1 aromatic heterocycles. The number of benzene rings is 2. The van der Waals surface area contributed by atoms with Crippen molar-refractivity contribution in [3.05, 3.63) is 70.7 Å². The van der Waals surface area contributed by atoms with Crippen LogP contribution in [-0.4, -0.2) is 59.7 Å². The van der Waals surface area contributed by atoms with Crippen molar-refractivity contribution < 1.29 is 14.3 Å². The predicted molar refractivity (Wildman–Crippen MR) is 148 cm³/mol. The Balaban J connectivity index is 1.19. The van der Waals surface area contributed by atoms with Gasteiger partial charge in [0, 0.05) is 37.6 Å². The van der Waals surface area contributed by atoms with Crippen molar-refractivity contribution >= 4 is 39.8 Å². The molecule has 2 aromatic carbocycles. The minimum atomic E-state index is -0.516. The minimum absolute atomic E-state index is 0.237. The van der Waals surface area contributed by atoms with Gasteiger partial charge in [-0.3, -0.25) is 4.79 Å². The van der Waals surface area contributed by atoms with Crippen LogP contribution in [0.5, 0.6) is 0 Å². The van der Waals surface area contributed by atoms with E-state index in [-0.39, 0.29) is 12.0 Å². The smallest absolute Gasteiger partial charge is 0.410 e. The molecule has 0 unspecified atom stereocenters. The van der Waals surface area contributed by atoms with Gasteiger partial charge in [-0.05, 0) is 56.9 Å². The fourth-order valence-corrected chi connectivity index (χ4v) is 5.55. The number of amides is 2. The summed E-state index contributed by atoms with van der Waals surface area (Å²) in [5.74, 6) is -0.237. The third-order valence-corrected chi connectivity index (χ3v) is 7.31. The van der Waals surface area contributed by atoms with Crippen molar-refractivity contribution in [2.75, 3.05) is 41.7 Å². The average molecular weight is 520 g/mol. The highest BCUT2D eigenvalue weighted by Gasteiger charge is 2.27. The first kappa shape index (κ1) is 25.1. The number of para-hydroxylation sites is 2. The molecule has 1 fully saturated rings. The lowest BCUT2D eigenvalue weighted by Gasteiger charge is -2.37. The van der Waals surface area contributed by atoms with E-state index in [1.165, 1.54) is 22.5 Å². The maximum Gasteiger partial charge on any atom is 0.410 e. The van der Waals surface area contributed by atoms with Gasteiger partial charge < -0.3 is 25.2 Å². The third kappa shape index (κ3) is 6.05. The number of nitrogens with one attached hydrogen (secondary N) is 2.